The van der Waals surface area contributed by atoms with E-state index in [1.807, 2.05) is 0 Å². The van der Waals surface area contributed by atoms with Crippen LogP contribution in [0.4, 0.5) is 4.79 Å². The number of halogens is 1. The van der Waals surface area contributed by atoms with Crippen molar-refractivity contribution in [2.75, 3.05) is 0 Å². The zero-order valence-corrected chi connectivity index (χ0v) is 13.8. The van der Waals surface area contributed by atoms with Crippen molar-refractivity contribution in [3.63, 3.8) is 0 Å². The Morgan fingerprint density at radius 2 is 2.14 bits per heavy atom. The highest BCUT2D eigenvalue weighted by Gasteiger charge is 2.28. The van der Waals surface area contributed by atoms with Crippen molar-refractivity contribution in [3.05, 3.63) is 33.1 Å². The van der Waals surface area contributed by atoms with Crippen LogP contribution in [0.1, 0.15) is 24.8 Å². The highest BCUT2D eigenvalue weighted by Crippen LogP contribution is 2.32. The number of rotatable bonds is 3. The van der Waals surface area contributed by atoms with Crippen molar-refractivity contribution in [2.45, 2.75) is 19.3 Å². The van der Waals surface area contributed by atoms with E-state index in [1.54, 1.807) is 24.3 Å². The number of hydrogen-bond donors (Lipinski definition) is 1. The van der Waals surface area contributed by atoms with Crippen LogP contribution in [-0.2, 0) is 9.59 Å². The molecule has 5 nitrogen and oxygen atoms in total. The first-order chi connectivity index (χ1) is 10.5. The Morgan fingerprint density at radius 1 is 1.36 bits per heavy atom. The average Bonchev–Trinajstić information content (AvgIpc) is 2.69. The molecule has 1 N–H and O–H groups in total. The van der Waals surface area contributed by atoms with Gasteiger partial charge >= 0.3 is 5.97 Å². The fraction of sp³-hybridized carbons (Fsp3) is 0.267. The maximum Gasteiger partial charge on any atom is 0.314 e. The van der Waals surface area contributed by atoms with E-state index in [0.29, 0.717) is 15.1 Å². The monoisotopic (exact) mass is 381 g/mol. The molecule has 0 radical (unpaired) electrons. The van der Waals surface area contributed by atoms with Crippen molar-refractivity contribution >= 4 is 50.9 Å². The molecule has 0 bridgehead atoms. The number of imide groups is 1. The lowest BCUT2D eigenvalue weighted by Gasteiger charge is -2.23. The summed E-state index contributed by atoms with van der Waals surface area (Å²) in [5, 5.41) is 1.83. The molecule has 1 aromatic rings. The summed E-state index contributed by atoms with van der Waals surface area (Å²) in [6.45, 7) is 0. The van der Waals surface area contributed by atoms with Crippen molar-refractivity contribution in [3.8, 4) is 5.75 Å². The molecule has 0 unspecified atom stereocenters. The van der Waals surface area contributed by atoms with Gasteiger partial charge in [0.15, 0.2) is 0 Å². The van der Waals surface area contributed by atoms with Crippen LogP contribution in [-0.4, -0.2) is 17.1 Å². The third-order valence-corrected chi connectivity index (χ3v) is 4.98. The fourth-order valence-corrected chi connectivity index (χ4v) is 3.26. The summed E-state index contributed by atoms with van der Waals surface area (Å²) >= 11 is 4.22. The summed E-state index contributed by atoms with van der Waals surface area (Å²) < 4.78 is 6.00. The van der Waals surface area contributed by atoms with E-state index in [9.17, 15) is 14.4 Å². The molecule has 1 saturated heterocycles. The molecule has 1 saturated carbocycles. The Kier molecular flexibility index (Phi) is 4.35. The van der Waals surface area contributed by atoms with E-state index >= 15 is 0 Å². The van der Waals surface area contributed by atoms with Crippen LogP contribution in [0.25, 0.3) is 6.08 Å². The summed E-state index contributed by atoms with van der Waals surface area (Å²) in [4.78, 5) is 34.8. The highest BCUT2D eigenvalue weighted by molar-refractivity contribution is 9.10. The predicted molar refractivity (Wildman–Crippen MR) is 86.2 cm³/mol. The van der Waals surface area contributed by atoms with Gasteiger partial charge in [0.05, 0.1) is 15.3 Å². The number of carbonyl (C=O) groups is 3. The standard InChI is InChI=1S/C15H12BrNO4S/c16-10-6-8(7-12-13(18)17-15(20)22-12)4-5-11(10)21-14(19)9-2-1-3-9/h4-7,9H,1-3H2,(H,17,18,20)/b12-7-. The number of thioether (sulfide) groups is 1. The fourth-order valence-electron chi connectivity index (χ4n) is 2.10. The summed E-state index contributed by atoms with van der Waals surface area (Å²) in [6, 6.07) is 5.15. The molecule has 1 aliphatic carbocycles. The van der Waals surface area contributed by atoms with Gasteiger partial charge in [0, 0.05) is 0 Å². The number of benzene rings is 1. The Labute approximate surface area is 139 Å². The van der Waals surface area contributed by atoms with Gasteiger partial charge in [0.2, 0.25) is 0 Å². The second kappa shape index (κ2) is 6.26. The number of ether oxygens (including phenoxy) is 1. The largest absolute Gasteiger partial charge is 0.425 e. The minimum atomic E-state index is -0.397. The topological polar surface area (TPSA) is 72.5 Å². The third-order valence-electron chi connectivity index (χ3n) is 3.54. The zero-order valence-electron chi connectivity index (χ0n) is 11.4. The number of hydrogen-bond acceptors (Lipinski definition) is 5. The molecule has 2 aliphatic rings. The molecular formula is C15H12BrNO4S. The van der Waals surface area contributed by atoms with Crippen LogP contribution in [0.2, 0.25) is 0 Å². The van der Waals surface area contributed by atoms with E-state index < -0.39 is 5.91 Å². The molecule has 7 heteroatoms. The normalized spacial score (nSPS) is 20.0. The maximum atomic E-state index is 11.8. The summed E-state index contributed by atoms with van der Waals surface area (Å²) in [7, 11) is 0. The first-order valence-electron chi connectivity index (χ1n) is 6.79. The van der Waals surface area contributed by atoms with Gasteiger partial charge in [-0.1, -0.05) is 12.5 Å². The van der Waals surface area contributed by atoms with Crippen molar-refractivity contribution in [2.24, 2.45) is 5.92 Å². The van der Waals surface area contributed by atoms with E-state index in [-0.39, 0.29) is 17.1 Å². The molecule has 0 aromatic heterocycles. The lowest BCUT2D eigenvalue weighted by atomic mass is 9.86. The van der Waals surface area contributed by atoms with Crippen LogP contribution in [0.15, 0.2) is 27.6 Å². The maximum absolute atomic E-state index is 11.8. The minimum absolute atomic E-state index is 0.0123. The van der Waals surface area contributed by atoms with Crippen molar-refractivity contribution in [1.29, 1.82) is 0 Å². The highest BCUT2D eigenvalue weighted by atomic mass is 79.9. The number of amides is 2. The second-order valence-electron chi connectivity index (χ2n) is 5.09. The van der Waals surface area contributed by atoms with Gasteiger partial charge in [-0.25, -0.2) is 0 Å². The van der Waals surface area contributed by atoms with E-state index in [1.165, 1.54) is 0 Å². The molecule has 3 rings (SSSR count). The summed E-state index contributed by atoms with van der Waals surface area (Å²) in [6.07, 6.45) is 4.47. The first-order valence-corrected chi connectivity index (χ1v) is 8.40. The van der Waals surface area contributed by atoms with Gasteiger partial charge in [-0.2, -0.15) is 0 Å². The van der Waals surface area contributed by atoms with Crippen molar-refractivity contribution in [1.82, 2.24) is 5.32 Å². The van der Waals surface area contributed by atoms with Gasteiger partial charge in [0.1, 0.15) is 5.75 Å². The molecule has 22 heavy (non-hydrogen) atoms. The molecule has 0 atom stereocenters. The Morgan fingerprint density at radius 3 is 2.68 bits per heavy atom. The van der Waals surface area contributed by atoms with Gasteiger partial charge in [-0.15, -0.1) is 0 Å². The van der Waals surface area contributed by atoms with Crippen LogP contribution >= 0.6 is 27.7 Å². The second-order valence-corrected chi connectivity index (χ2v) is 6.96. The van der Waals surface area contributed by atoms with Crippen molar-refractivity contribution < 1.29 is 19.1 Å². The zero-order chi connectivity index (χ0) is 15.7. The summed E-state index contributed by atoms with van der Waals surface area (Å²) in [5.41, 5.74) is 0.739. The number of nitrogens with one attached hydrogen (secondary N) is 1. The van der Waals surface area contributed by atoms with E-state index in [2.05, 4.69) is 21.2 Å². The molecular weight excluding hydrogens is 370 g/mol. The third kappa shape index (κ3) is 3.25. The van der Waals surface area contributed by atoms with Crippen LogP contribution in [0, 0.1) is 5.92 Å². The molecule has 2 fully saturated rings. The van der Waals surface area contributed by atoms with Gasteiger partial charge in [-0.3, -0.25) is 19.7 Å². The lowest BCUT2D eigenvalue weighted by molar-refractivity contribution is -0.141. The van der Waals surface area contributed by atoms with Gasteiger partial charge in [-0.05, 0) is 64.3 Å². The molecule has 1 aliphatic heterocycles. The summed E-state index contributed by atoms with van der Waals surface area (Å²) in [5.74, 6) is -0.127. The Bertz CT molecular complexity index is 697. The van der Waals surface area contributed by atoms with E-state index in [0.717, 1.165) is 36.6 Å². The Hall–Kier alpha value is -1.60. The average molecular weight is 382 g/mol. The smallest absolute Gasteiger partial charge is 0.314 e. The molecule has 0 spiro atoms. The molecule has 1 heterocycles. The van der Waals surface area contributed by atoms with Gasteiger partial charge < -0.3 is 4.74 Å². The molecule has 114 valence electrons. The van der Waals surface area contributed by atoms with Crippen LogP contribution in [0.3, 0.4) is 0 Å². The van der Waals surface area contributed by atoms with E-state index in [4.69, 9.17) is 4.74 Å². The first kappa shape index (κ1) is 15.3. The number of esters is 1. The minimum Gasteiger partial charge on any atom is -0.425 e. The quantitative estimate of drug-likeness (QED) is 0.492. The lowest BCUT2D eigenvalue weighted by Crippen LogP contribution is -2.26. The molecule has 2 amide bonds. The van der Waals surface area contributed by atoms with Gasteiger partial charge in [0.25, 0.3) is 11.1 Å². The number of carbonyl (C=O) groups excluding carboxylic acids is 3. The predicted octanol–water partition coefficient (Wildman–Crippen LogP) is 3.48. The SMILES string of the molecule is O=C1NC(=O)/C(=C/c2ccc(OC(=O)C3CCC3)c(Br)c2)S1. The molecule has 1 aromatic carbocycles. The Balaban J connectivity index is 1.74. The van der Waals surface area contributed by atoms with Crippen LogP contribution < -0.4 is 10.1 Å². The van der Waals surface area contributed by atoms with Crippen LogP contribution in [0.5, 0.6) is 5.75 Å².